The summed E-state index contributed by atoms with van der Waals surface area (Å²) in [6.45, 7) is 2.51. The number of benzene rings is 3. The summed E-state index contributed by atoms with van der Waals surface area (Å²) in [6, 6.07) is 27.4. The first kappa shape index (κ1) is 23.1. The number of nitrogens with zero attached hydrogens (tertiary/aromatic N) is 3. The summed E-state index contributed by atoms with van der Waals surface area (Å²) in [7, 11) is 1.65. The van der Waals surface area contributed by atoms with Gasteiger partial charge in [0.15, 0.2) is 5.69 Å². The number of ether oxygens (including phenoxy) is 3. The van der Waals surface area contributed by atoms with Gasteiger partial charge in [0.1, 0.15) is 18.1 Å². The molecule has 36 heavy (non-hydrogen) atoms. The molecule has 0 spiro atoms. The highest BCUT2D eigenvalue weighted by Crippen LogP contribution is 2.30. The van der Waals surface area contributed by atoms with Crippen LogP contribution < -0.4 is 9.47 Å². The van der Waals surface area contributed by atoms with E-state index in [1.807, 2.05) is 83.4 Å². The Morgan fingerprint density at radius 1 is 0.889 bits per heavy atom. The van der Waals surface area contributed by atoms with Crippen molar-refractivity contribution in [1.82, 2.24) is 14.5 Å². The van der Waals surface area contributed by atoms with Crippen LogP contribution in [0.1, 0.15) is 27.2 Å². The zero-order valence-electron chi connectivity index (χ0n) is 20.0. The number of imidazole rings is 1. The molecule has 2 heterocycles. The molecule has 0 radical (unpaired) electrons. The molecular formula is C29H25N3O4. The van der Waals surface area contributed by atoms with Crippen LogP contribution in [0, 0.1) is 6.92 Å². The maximum atomic E-state index is 12.8. The average molecular weight is 480 g/mol. The molecule has 0 unspecified atom stereocenters. The lowest BCUT2D eigenvalue weighted by Gasteiger charge is -2.13. The minimum absolute atomic E-state index is 0.170. The van der Waals surface area contributed by atoms with Gasteiger partial charge in [0.2, 0.25) is 0 Å². The van der Waals surface area contributed by atoms with Gasteiger partial charge in [-0.2, -0.15) is 4.98 Å². The Hall–Kier alpha value is -4.65. The monoisotopic (exact) mass is 479 g/mol. The molecule has 5 aromatic rings. The number of methoxy groups -OCH3 is 1. The van der Waals surface area contributed by atoms with E-state index in [9.17, 15) is 4.79 Å². The maximum absolute atomic E-state index is 12.8. The predicted octanol–water partition coefficient (Wildman–Crippen LogP) is 5.95. The van der Waals surface area contributed by atoms with E-state index < -0.39 is 5.97 Å². The Morgan fingerprint density at radius 2 is 1.64 bits per heavy atom. The van der Waals surface area contributed by atoms with Gasteiger partial charge in [-0.1, -0.05) is 54.6 Å². The van der Waals surface area contributed by atoms with Crippen molar-refractivity contribution in [1.29, 1.82) is 0 Å². The fourth-order valence-electron chi connectivity index (χ4n) is 3.92. The van der Waals surface area contributed by atoms with Crippen LogP contribution in [-0.4, -0.2) is 27.6 Å². The number of fused-ring (bicyclic) bond motifs is 1. The summed E-state index contributed by atoms with van der Waals surface area (Å²) in [4.78, 5) is 21.7. The van der Waals surface area contributed by atoms with E-state index in [1.165, 1.54) is 6.20 Å². The van der Waals surface area contributed by atoms with Crippen LogP contribution in [0.25, 0.3) is 11.0 Å². The van der Waals surface area contributed by atoms with Crippen molar-refractivity contribution in [2.75, 3.05) is 7.11 Å². The van der Waals surface area contributed by atoms with Gasteiger partial charge >= 0.3 is 12.0 Å². The minimum atomic E-state index is -0.506. The highest BCUT2D eigenvalue weighted by atomic mass is 16.5. The molecule has 7 nitrogen and oxygen atoms in total. The van der Waals surface area contributed by atoms with Gasteiger partial charge in [0.25, 0.3) is 0 Å². The second-order valence-electron chi connectivity index (χ2n) is 8.26. The van der Waals surface area contributed by atoms with Gasteiger partial charge in [-0.25, -0.2) is 9.78 Å². The van der Waals surface area contributed by atoms with Crippen LogP contribution in [0.4, 0.5) is 0 Å². The largest absolute Gasteiger partial charge is 0.497 e. The molecule has 5 rings (SSSR count). The number of hydrogen-bond acceptors (Lipinski definition) is 6. The molecule has 0 aliphatic rings. The predicted molar refractivity (Wildman–Crippen MR) is 136 cm³/mol. The third-order valence-electron chi connectivity index (χ3n) is 5.88. The second kappa shape index (κ2) is 10.3. The smallest absolute Gasteiger partial charge is 0.357 e. The third-order valence-corrected chi connectivity index (χ3v) is 5.88. The molecule has 180 valence electrons. The number of esters is 1. The number of carbonyl (C=O) groups excluding carboxylic acids is 1. The number of aromatic nitrogens is 3. The van der Waals surface area contributed by atoms with Crippen molar-refractivity contribution in [2.24, 2.45) is 0 Å². The molecule has 0 amide bonds. The summed E-state index contributed by atoms with van der Waals surface area (Å²) in [5.41, 5.74) is 4.52. The quantitative estimate of drug-likeness (QED) is 0.256. The first-order chi connectivity index (χ1) is 17.6. The number of para-hydroxylation sites is 2. The molecule has 7 heteroatoms. The van der Waals surface area contributed by atoms with Crippen LogP contribution in [-0.2, 0) is 17.9 Å². The lowest BCUT2D eigenvalue weighted by molar-refractivity contribution is 0.0464. The molecule has 3 aromatic carbocycles. The van der Waals surface area contributed by atoms with Gasteiger partial charge in [-0.3, -0.25) is 4.57 Å². The SMILES string of the molecule is COc1ccc(Cn2c(Oc3ccnc(C(=O)OCc4ccccc4)c3C)nc3ccccc32)cc1. The molecule has 0 atom stereocenters. The highest BCUT2D eigenvalue weighted by Gasteiger charge is 2.19. The van der Waals surface area contributed by atoms with Crippen LogP contribution >= 0.6 is 0 Å². The van der Waals surface area contributed by atoms with Crippen molar-refractivity contribution >= 4 is 17.0 Å². The van der Waals surface area contributed by atoms with Crippen molar-refractivity contribution in [2.45, 2.75) is 20.1 Å². The third kappa shape index (κ3) is 4.90. The van der Waals surface area contributed by atoms with Gasteiger partial charge in [0.05, 0.1) is 24.7 Å². The van der Waals surface area contributed by atoms with Crippen molar-refractivity contribution in [3.63, 3.8) is 0 Å². The standard InChI is InChI=1S/C29H25N3O4/c1-20-26(16-17-30-27(20)28(33)35-19-22-8-4-3-5-9-22)36-29-31-24-10-6-7-11-25(24)32(29)18-21-12-14-23(34-2)15-13-21/h3-17H,18-19H2,1-2H3. The molecule has 0 aliphatic heterocycles. The highest BCUT2D eigenvalue weighted by molar-refractivity contribution is 5.89. The van der Waals surface area contributed by atoms with Crippen molar-refractivity contribution in [3.05, 3.63) is 114 Å². The average Bonchev–Trinajstić information content (AvgIpc) is 3.26. The van der Waals surface area contributed by atoms with Crippen LogP contribution in [0.15, 0.2) is 91.1 Å². The van der Waals surface area contributed by atoms with Gasteiger partial charge in [-0.15, -0.1) is 0 Å². The molecule has 0 saturated carbocycles. The topological polar surface area (TPSA) is 75.5 Å². The molecule has 0 bridgehead atoms. The maximum Gasteiger partial charge on any atom is 0.357 e. The van der Waals surface area contributed by atoms with Crippen molar-refractivity contribution in [3.8, 4) is 17.5 Å². The van der Waals surface area contributed by atoms with Gasteiger partial charge in [0, 0.05) is 11.8 Å². The van der Waals surface area contributed by atoms with E-state index in [0.29, 0.717) is 23.9 Å². The Morgan fingerprint density at radius 3 is 2.42 bits per heavy atom. The summed E-state index contributed by atoms with van der Waals surface area (Å²) in [6.07, 6.45) is 1.54. The van der Waals surface area contributed by atoms with E-state index in [2.05, 4.69) is 4.98 Å². The number of pyridine rings is 1. The van der Waals surface area contributed by atoms with Crippen LogP contribution in [0.2, 0.25) is 0 Å². The fraction of sp³-hybridized carbons (Fsp3) is 0.138. The Labute approximate surface area is 208 Å². The van der Waals surface area contributed by atoms with E-state index in [4.69, 9.17) is 19.2 Å². The lowest BCUT2D eigenvalue weighted by Crippen LogP contribution is -2.10. The van der Waals surface area contributed by atoms with Crippen LogP contribution in [0.3, 0.4) is 0 Å². The van der Waals surface area contributed by atoms with E-state index in [-0.39, 0.29) is 12.3 Å². The Balaban J connectivity index is 1.42. The first-order valence-electron chi connectivity index (χ1n) is 11.5. The minimum Gasteiger partial charge on any atom is -0.497 e. The van der Waals surface area contributed by atoms with E-state index >= 15 is 0 Å². The van der Waals surface area contributed by atoms with Gasteiger partial charge in [-0.05, 0) is 48.4 Å². The first-order valence-corrected chi connectivity index (χ1v) is 11.5. The number of hydrogen-bond donors (Lipinski definition) is 0. The zero-order chi connectivity index (χ0) is 24.9. The normalized spacial score (nSPS) is 10.8. The second-order valence-corrected chi connectivity index (χ2v) is 8.26. The van der Waals surface area contributed by atoms with Gasteiger partial charge < -0.3 is 14.2 Å². The number of rotatable bonds is 8. The fourth-order valence-corrected chi connectivity index (χ4v) is 3.92. The molecule has 0 saturated heterocycles. The number of carbonyl (C=O) groups is 1. The zero-order valence-corrected chi connectivity index (χ0v) is 20.0. The van der Waals surface area contributed by atoms with Crippen molar-refractivity contribution < 1.29 is 19.0 Å². The molecular weight excluding hydrogens is 454 g/mol. The summed E-state index contributed by atoms with van der Waals surface area (Å²) < 4.78 is 19.0. The Kier molecular flexibility index (Phi) is 6.62. The lowest BCUT2D eigenvalue weighted by atomic mass is 10.2. The molecule has 0 N–H and O–H groups in total. The summed E-state index contributed by atoms with van der Waals surface area (Å²) >= 11 is 0. The van der Waals surface area contributed by atoms with Crippen LogP contribution in [0.5, 0.6) is 17.5 Å². The Bertz CT molecular complexity index is 1490. The summed E-state index contributed by atoms with van der Waals surface area (Å²) in [5.74, 6) is 0.779. The van der Waals surface area contributed by atoms with E-state index in [0.717, 1.165) is 27.9 Å². The summed E-state index contributed by atoms with van der Waals surface area (Å²) in [5, 5.41) is 0. The molecule has 2 aromatic heterocycles. The molecule has 0 aliphatic carbocycles. The van der Waals surface area contributed by atoms with E-state index in [1.54, 1.807) is 20.1 Å². The molecule has 0 fully saturated rings.